The van der Waals surface area contributed by atoms with E-state index in [4.69, 9.17) is 0 Å². The lowest BCUT2D eigenvalue weighted by molar-refractivity contribution is -0.128. The molecule has 0 rings (SSSR count). The van der Waals surface area contributed by atoms with E-state index in [-0.39, 0.29) is 49.3 Å². The normalized spacial score (nSPS) is 9.38. The molecule has 0 spiro atoms. The van der Waals surface area contributed by atoms with Crippen molar-refractivity contribution >= 4 is 23.4 Å². The van der Waals surface area contributed by atoms with Gasteiger partial charge in [0.05, 0.1) is 13.1 Å². The molecule has 0 aliphatic heterocycles. The summed E-state index contributed by atoms with van der Waals surface area (Å²) in [4.78, 5) is 43.2. The maximum absolute atomic E-state index is 11.1. The summed E-state index contributed by atoms with van der Waals surface area (Å²) >= 11 is 0. The molecule has 0 unspecified atom stereocenters. The molecule has 0 atom stereocenters. The monoisotopic (exact) mass is 228 g/mol. The van der Waals surface area contributed by atoms with Crippen LogP contribution in [0.4, 0.5) is 0 Å². The highest BCUT2D eigenvalue weighted by molar-refractivity contribution is 5.88. The van der Waals surface area contributed by atoms with E-state index in [2.05, 4.69) is 10.6 Å². The van der Waals surface area contributed by atoms with Crippen molar-refractivity contribution in [2.24, 2.45) is 0 Å². The molecule has 0 saturated heterocycles. The standard InChI is InChI=1S/C10H16N2O4/c1-7(13)5-11-9(15)3-4-10(16)12-6-8(2)14/h3-6H2,1-2H3,(H,11,15)(H,12,16). The van der Waals surface area contributed by atoms with Crippen LogP contribution in [0.25, 0.3) is 0 Å². The van der Waals surface area contributed by atoms with Crippen LogP contribution >= 0.6 is 0 Å². The van der Waals surface area contributed by atoms with E-state index in [9.17, 15) is 19.2 Å². The molecule has 0 heterocycles. The minimum Gasteiger partial charge on any atom is -0.349 e. The molecule has 0 aliphatic rings. The first-order chi connectivity index (χ1) is 7.41. The van der Waals surface area contributed by atoms with Crippen molar-refractivity contribution in [2.45, 2.75) is 26.7 Å². The van der Waals surface area contributed by atoms with Crippen LogP contribution in [-0.4, -0.2) is 36.5 Å². The average molecular weight is 228 g/mol. The molecule has 0 bridgehead atoms. The fraction of sp³-hybridized carbons (Fsp3) is 0.600. The minimum atomic E-state index is -0.354. The minimum absolute atomic E-state index is 0.0109. The Hall–Kier alpha value is -1.72. The molecule has 2 N–H and O–H groups in total. The SMILES string of the molecule is CC(=O)CNC(=O)CCC(=O)NCC(C)=O. The molecular formula is C10H16N2O4. The molecular weight excluding hydrogens is 212 g/mol. The molecule has 0 radical (unpaired) electrons. The number of hydrogen-bond acceptors (Lipinski definition) is 4. The summed E-state index contributed by atoms with van der Waals surface area (Å²) in [5, 5.41) is 4.73. The van der Waals surface area contributed by atoms with Crippen LogP contribution in [0.5, 0.6) is 0 Å². The van der Waals surface area contributed by atoms with Crippen molar-refractivity contribution < 1.29 is 19.2 Å². The molecule has 0 aromatic carbocycles. The first-order valence-electron chi connectivity index (χ1n) is 4.94. The summed E-state index contributed by atoms with van der Waals surface area (Å²) in [6, 6.07) is 0. The van der Waals surface area contributed by atoms with Gasteiger partial charge in [0.25, 0.3) is 0 Å². The zero-order chi connectivity index (χ0) is 12.6. The van der Waals surface area contributed by atoms with Gasteiger partial charge in [0, 0.05) is 12.8 Å². The molecule has 0 aromatic heterocycles. The summed E-state index contributed by atoms with van der Waals surface area (Å²) in [7, 11) is 0. The largest absolute Gasteiger partial charge is 0.349 e. The van der Waals surface area contributed by atoms with E-state index in [1.165, 1.54) is 13.8 Å². The Bertz CT molecular complexity index is 269. The van der Waals surface area contributed by atoms with Crippen molar-refractivity contribution in [3.8, 4) is 0 Å². The Morgan fingerprint density at radius 2 is 1.06 bits per heavy atom. The summed E-state index contributed by atoms with van der Waals surface area (Å²) in [5.74, 6) is -0.995. The van der Waals surface area contributed by atoms with Crippen LogP contribution in [0.2, 0.25) is 0 Å². The number of ketones is 2. The molecule has 0 aliphatic carbocycles. The Labute approximate surface area is 93.8 Å². The first-order valence-corrected chi connectivity index (χ1v) is 4.94. The second-order valence-corrected chi connectivity index (χ2v) is 3.46. The summed E-state index contributed by atoms with van der Waals surface area (Å²) in [6.45, 7) is 2.68. The zero-order valence-electron chi connectivity index (χ0n) is 9.46. The number of carbonyl (C=O) groups is 4. The Kier molecular flexibility index (Phi) is 6.74. The Morgan fingerprint density at radius 1 is 0.750 bits per heavy atom. The van der Waals surface area contributed by atoms with Crippen LogP contribution in [0.3, 0.4) is 0 Å². The van der Waals surface area contributed by atoms with E-state index in [0.717, 1.165) is 0 Å². The smallest absolute Gasteiger partial charge is 0.220 e. The number of nitrogens with one attached hydrogen (secondary N) is 2. The van der Waals surface area contributed by atoms with Crippen molar-refractivity contribution in [3.05, 3.63) is 0 Å². The number of amides is 2. The van der Waals surface area contributed by atoms with E-state index in [1.54, 1.807) is 0 Å². The van der Waals surface area contributed by atoms with E-state index >= 15 is 0 Å². The van der Waals surface area contributed by atoms with Crippen LogP contribution in [0, 0.1) is 0 Å². The van der Waals surface area contributed by atoms with Crippen LogP contribution in [0.15, 0.2) is 0 Å². The Balaban J connectivity index is 3.63. The van der Waals surface area contributed by atoms with Gasteiger partial charge in [-0.2, -0.15) is 0 Å². The van der Waals surface area contributed by atoms with Gasteiger partial charge in [-0.25, -0.2) is 0 Å². The first kappa shape index (κ1) is 14.3. The maximum Gasteiger partial charge on any atom is 0.220 e. The van der Waals surface area contributed by atoms with Crippen LogP contribution < -0.4 is 10.6 Å². The quantitative estimate of drug-likeness (QED) is 0.595. The molecule has 6 nitrogen and oxygen atoms in total. The summed E-state index contributed by atoms with van der Waals surface area (Å²) in [5.41, 5.74) is 0. The van der Waals surface area contributed by atoms with Crippen LogP contribution in [-0.2, 0) is 19.2 Å². The topological polar surface area (TPSA) is 92.3 Å². The number of carbonyl (C=O) groups excluding carboxylic acids is 4. The Morgan fingerprint density at radius 3 is 1.31 bits per heavy atom. The molecule has 16 heavy (non-hydrogen) atoms. The molecule has 2 amide bonds. The van der Waals surface area contributed by atoms with E-state index in [1.807, 2.05) is 0 Å². The van der Waals surface area contributed by atoms with Gasteiger partial charge in [-0.15, -0.1) is 0 Å². The lowest BCUT2D eigenvalue weighted by atomic mass is 10.2. The molecule has 0 fully saturated rings. The van der Waals surface area contributed by atoms with Gasteiger partial charge in [-0.05, 0) is 13.8 Å². The van der Waals surface area contributed by atoms with Gasteiger partial charge in [0.1, 0.15) is 11.6 Å². The second-order valence-electron chi connectivity index (χ2n) is 3.46. The van der Waals surface area contributed by atoms with Crippen molar-refractivity contribution in [1.82, 2.24) is 10.6 Å². The molecule has 0 saturated carbocycles. The third kappa shape index (κ3) is 8.86. The van der Waals surface area contributed by atoms with Crippen molar-refractivity contribution in [2.75, 3.05) is 13.1 Å². The van der Waals surface area contributed by atoms with Crippen LogP contribution in [0.1, 0.15) is 26.7 Å². The van der Waals surface area contributed by atoms with Gasteiger partial charge in [-0.3, -0.25) is 19.2 Å². The molecule has 0 aromatic rings. The summed E-state index contributed by atoms with van der Waals surface area (Å²) < 4.78 is 0. The van der Waals surface area contributed by atoms with Crippen molar-refractivity contribution in [1.29, 1.82) is 0 Å². The summed E-state index contributed by atoms with van der Waals surface area (Å²) in [6.07, 6.45) is 0.0219. The van der Waals surface area contributed by atoms with E-state index in [0.29, 0.717) is 0 Å². The van der Waals surface area contributed by atoms with Gasteiger partial charge < -0.3 is 10.6 Å². The van der Waals surface area contributed by atoms with Gasteiger partial charge in [0.15, 0.2) is 0 Å². The van der Waals surface area contributed by atoms with Gasteiger partial charge >= 0.3 is 0 Å². The predicted molar refractivity (Wildman–Crippen MR) is 56.6 cm³/mol. The highest BCUT2D eigenvalue weighted by Crippen LogP contribution is 1.88. The number of hydrogen-bond donors (Lipinski definition) is 2. The molecule has 6 heteroatoms. The maximum atomic E-state index is 11.1. The highest BCUT2D eigenvalue weighted by Gasteiger charge is 2.07. The third-order valence-corrected chi connectivity index (χ3v) is 1.65. The molecule has 90 valence electrons. The number of Topliss-reactive ketones (excluding diaryl/α,β-unsaturated/α-hetero) is 2. The van der Waals surface area contributed by atoms with Gasteiger partial charge in [0.2, 0.25) is 11.8 Å². The second kappa shape index (κ2) is 7.56. The van der Waals surface area contributed by atoms with Gasteiger partial charge in [-0.1, -0.05) is 0 Å². The lowest BCUT2D eigenvalue weighted by Gasteiger charge is -2.03. The number of rotatable bonds is 7. The fourth-order valence-corrected chi connectivity index (χ4v) is 0.850. The fourth-order valence-electron chi connectivity index (χ4n) is 0.850. The van der Waals surface area contributed by atoms with E-state index < -0.39 is 0 Å². The third-order valence-electron chi connectivity index (χ3n) is 1.65. The predicted octanol–water partition coefficient (Wildman–Crippen LogP) is -0.823. The average Bonchev–Trinajstić information content (AvgIpc) is 2.20. The highest BCUT2D eigenvalue weighted by atomic mass is 16.2. The van der Waals surface area contributed by atoms with Crippen molar-refractivity contribution in [3.63, 3.8) is 0 Å². The lowest BCUT2D eigenvalue weighted by Crippen LogP contribution is -2.32. The zero-order valence-corrected chi connectivity index (χ0v) is 9.46.